The van der Waals surface area contributed by atoms with Crippen LogP contribution in [0.1, 0.15) is 12.5 Å². The topological polar surface area (TPSA) is 76.7 Å². The molecule has 0 bridgehead atoms. The molecule has 1 aliphatic rings. The maximum Gasteiger partial charge on any atom is 0.411 e. The first-order valence-electron chi connectivity index (χ1n) is 5.61. The van der Waals surface area contributed by atoms with Gasteiger partial charge in [0.2, 0.25) is 0 Å². The number of carbonyl (C=O) groups is 2. The SMILES string of the molecule is CCOC(=O)Nc1cc(C)cc2c1OCC(=O)N2. The first-order chi connectivity index (χ1) is 8.60. The number of benzene rings is 1. The van der Waals surface area contributed by atoms with E-state index in [4.69, 9.17) is 9.47 Å². The fraction of sp³-hybridized carbons (Fsp3) is 0.333. The number of ether oxygens (including phenoxy) is 2. The van der Waals surface area contributed by atoms with Crippen molar-refractivity contribution in [2.24, 2.45) is 0 Å². The zero-order valence-corrected chi connectivity index (χ0v) is 10.2. The smallest absolute Gasteiger partial charge is 0.411 e. The largest absolute Gasteiger partial charge is 0.479 e. The fourth-order valence-corrected chi connectivity index (χ4v) is 1.72. The number of rotatable bonds is 2. The van der Waals surface area contributed by atoms with Crippen molar-refractivity contribution in [3.05, 3.63) is 17.7 Å². The molecule has 0 spiro atoms. The Kier molecular flexibility index (Phi) is 3.36. The van der Waals surface area contributed by atoms with Crippen LogP contribution in [0, 0.1) is 6.92 Å². The van der Waals surface area contributed by atoms with Gasteiger partial charge in [0.05, 0.1) is 18.0 Å². The average molecular weight is 250 g/mol. The second-order valence-corrected chi connectivity index (χ2v) is 3.87. The molecule has 2 rings (SSSR count). The summed E-state index contributed by atoms with van der Waals surface area (Å²) in [6, 6.07) is 3.54. The summed E-state index contributed by atoms with van der Waals surface area (Å²) in [5, 5.41) is 5.28. The quantitative estimate of drug-likeness (QED) is 0.840. The van der Waals surface area contributed by atoms with E-state index < -0.39 is 6.09 Å². The third-order valence-electron chi connectivity index (χ3n) is 2.37. The van der Waals surface area contributed by atoms with Crippen LogP contribution in [0.2, 0.25) is 0 Å². The fourth-order valence-electron chi connectivity index (χ4n) is 1.72. The zero-order valence-electron chi connectivity index (χ0n) is 10.2. The average Bonchev–Trinajstić information content (AvgIpc) is 2.28. The Hall–Kier alpha value is -2.24. The molecule has 1 aliphatic heterocycles. The van der Waals surface area contributed by atoms with Crippen molar-refractivity contribution < 1.29 is 19.1 Å². The van der Waals surface area contributed by atoms with Crippen LogP contribution in [-0.4, -0.2) is 25.2 Å². The summed E-state index contributed by atoms with van der Waals surface area (Å²) in [6.45, 7) is 3.81. The molecule has 0 radical (unpaired) electrons. The van der Waals surface area contributed by atoms with Crippen molar-refractivity contribution >= 4 is 23.4 Å². The first kappa shape index (κ1) is 12.2. The maximum absolute atomic E-state index is 11.4. The number of hydrogen-bond donors (Lipinski definition) is 2. The molecule has 1 aromatic rings. The molecular weight excluding hydrogens is 236 g/mol. The molecule has 0 saturated carbocycles. The van der Waals surface area contributed by atoms with Crippen molar-refractivity contribution in [3.8, 4) is 5.75 Å². The summed E-state index contributed by atoms with van der Waals surface area (Å²) in [5.41, 5.74) is 1.94. The first-order valence-corrected chi connectivity index (χ1v) is 5.61. The standard InChI is InChI=1S/C12H14N2O4/c1-3-17-12(16)14-9-5-7(2)4-8-11(9)18-6-10(15)13-8/h4-5H,3,6H2,1-2H3,(H,13,15)(H,14,16). The van der Waals surface area contributed by atoms with E-state index in [1.54, 1.807) is 19.1 Å². The molecule has 96 valence electrons. The van der Waals surface area contributed by atoms with Crippen LogP contribution in [0.3, 0.4) is 0 Å². The van der Waals surface area contributed by atoms with Gasteiger partial charge in [0, 0.05) is 0 Å². The second kappa shape index (κ2) is 4.95. The molecule has 6 nitrogen and oxygen atoms in total. The van der Waals surface area contributed by atoms with Gasteiger partial charge in [-0.25, -0.2) is 4.79 Å². The Balaban J connectivity index is 2.30. The molecule has 2 N–H and O–H groups in total. The highest BCUT2D eigenvalue weighted by Crippen LogP contribution is 2.36. The molecule has 1 aromatic carbocycles. The van der Waals surface area contributed by atoms with Crippen molar-refractivity contribution in [3.63, 3.8) is 0 Å². The van der Waals surface area contributed by atoms with Gasteiger partial charge in [0.1, 0.15) is 0 Å². The minimum Gasteiger partial charge on any atom is -0.479 e. The number of anilines is 2. The van der Waals surface area contributed by atoms with Gasteiger partial charge >= 0.3 is 6.09 Å². The minimum absolute atomic E-state index is 0.0619. The number of carbonyl (C=O) groups excluding carboxylic acids is 2. The van der Waals surface area contributed by atoms with Crippen molar-refractivity contribution in [2.45, 2.75) is 13.8 Å². The third-order valence-corrected chi connectivity index (χ3v) is 2.37. The van der Waals surface area contributed by atoms with Crippen molar-refractivity contribution in [1.82, 2.24) is 0 Å². The lowest BCUT2D eigenvalue weighted by Gasteiger charge is -2.21. The van der Waals surface area contributed by atoms with Gasteiger partial charge in [-0.05, 0) is 31.5 Å². The molecule has 6 heteroatoms. The number of hydrogen-bond acceptors (Lipinski definition) is 4. The molecule has 0 atom stereocenters. The molecule has 18 heavy (non-hydrogen) atoms. The van der Waals surface area contributed by atoms with E-state index in [-0.39, 0.29) is 19.1 Å². The number of amides is 2. The summed E-state index contributed by atoms with van der Waals surface area (Å²) < 4.78 is 10.1. The number of fused-ring (bicyclic) bond motifs is 1. The van der Waals surface area contributed by atoms with E-state index in [0.29, 0.717) is 17.1 Å². The summed E-state index contributed by atoms with van der Waals surface area (Å²) in [5.74, 6) is 0.239. The van der Waals surface area contributed by atoms with E-state index in [9.17, 15) is 9.59 Å². The van der Waals surface area contributed by atoms with E-state index in [0.717, 1.165) is 5.56 Å². The summed E-state index contributed by atoms with van der Waals surface area (Å²) in [6.07, 6.45) is -0.550. The molecule has 2 amide bonds. The highest BCUT2D eigenvalue weighted by atomic mass is 16.5. The van der Waals surface area contributed by atoms with Gasteiger partial charge < -0.3 is 14.8 Å². The van der Waals surface area contributed by atoms with Crippen LogP contribution in [0.5, 0.6) is 5.75 Å². The van der Waals surface area contributed by atoms with E-state index in [1.807, 2.05) is 6.92 Å². The number of nitrogens with one attached hydrogen (secondary N) is 2. The zero-order chi connectivity index (χ0) is 13.1. The lowest BCUT2D eigenvalue weighted by molar-refractivity contribution is -0.118. The van der Waals surface area contributed by atoms with Crippen LogP contribution in [0.15, 0.2) is 12.1 Å². The Morgan fingerprint density at radius 3 is 3.06 bits per heavy atom. The van der Waals surface area contributed by atoms with Gasteiger partial charge in [-0.3, -0.25) is 10.1 Å². The monoisotopic (exact) mass is 250 g/mol. The Labute approximate surface area is 104 Å². The highest BCUT2D eigenvalue weighted by molar-refractivity contribution is 5.99. The van der Waals surface area contributed by atoms with Crippen LogP contribution < -0.4 is 15.4 Å². The van der Waals surface area contributed by atoms with Gasteiger partial charge in [0.25, 0.3) is 5.91 Å². The van der Waals surface area contributed by atoms with Crippen molar-refractivity contribution in [2.75, 3.05) is 23.8 Å². The minimum atomic E-state index is -0.550. The molecule has 0 fully saturated rings. The molecule has 1 heterocycles. The molecular formula is C12H14N2O4. The lowest BCUT2D eigenvalue weighted by atomic mass is 10.1. The Morgan fingerprint density at radius 1 is 1.56 bits per heavy atom. The second-order valence-electron chi connectivity index (χ2n) is 3.87. The normalized spacial score (nSPS) is 13.1. The predicted molar refractivity (Wildman–Crippen MR) is 65.9 cm³/mol. The van der Waals surface area contributed by atoms with Crippen LogP contribution in [0.4, 0.5) is 16.2 Å². The highest BCUT2D eigenvalue weighted by Gasteiger charge is 2.21. The van der Waals surface area contributed by atoms with Gasteiger partial charge in [-0.2, -0.15) is 0 Å². The Morgan fingerprint density at radius 2 is 2.33 bits per heavy atom. The third kappa shape index (κ3) is 2.53. The lowest BCUT2D eigenvalue weighted by Crippen LogP contribution is -2.26. The van der Waals surface area contributed by atoms with Crippen LogP contribution in [0.25, 0.3) is 0 Å². The van der Waals surface area contributed by atoms with Crippen LogP contribution in [-0.2, 0) is 9.53 Å². The predicted octanol–water partition coefficient (Wildman–Crippen LogP) is 1.89. The van der Waals surface area contributed by atoms with Crippen LogP contribution >= 0.6 is 0 Å². The summed E-state index contributed by atoms with van der Waals surface area (Å²) in [4.78, 5) is 22.6. The molecule has 0 unspecified atom stereocenters. The molecule has 0 aliphatic carbocycles. The van der Waals surface area contributed by atoms with Gasteiger partial charge in [-0.1, -0.05) is 0 Å². The molecule has 0 saturated heterocycles. The number of aryl methyl sites for hydroxylation is 1. The van der Waals surface area contributed by atoms with E-state index in [2.05, 4.69) is 10.6 Å². The van der Waals surface area contributed by atoms with E-state index >= 15 is 0 Å². The summed E-state index contributed by atoms with van der Waals surface area (Å²) in [7, 11) is 0. The van der Waals surface area contributed by atoms with E-state index in [1.165, 1.54) is 0 Å². The van der Waals surface area contributed by atoms with Gasteiger partial charge in [0.15, 0.2) is 12.4 Å². The maximum atomic E-state index is 11.4. The van der Waals surface area contributed by atoms with Gasteiger partial charge in [-0.15, -0.1) is 0 Å². The summed E-state index contributed by atoms with van der Waals surface area (Å²) >= 11 is 0. The molecule has 0 aromatic heterocycles. The van der Waals surface area contributed by atoms with Crippen molar-refractivity contribution in [1.29, 1.82) is 0 Å². The Bertz CT molecular complexity index is 499.